The highest BCUT2D eigenvalue weighted by Crippen LogP contribution is 2.31. The van der Waals surface area contributed by atoms with Crippen LogP contribution in [0.3, 0.4) is 0 Å². The lowest BCUT2D eigenvalue weighted by molar-refractivity contribution is -0.687. The number of fused-ring (bicyclic) bond motifs is 1. The van der Waals surface area contributed by atoms with Crippen molar-refractivity contribution in [2.24, 2.45) is 0 Å². The van der Waals surface area contributed by atoms with E-state index >= 15 is 0 Å². The Balaban J connectivity index is 1.94. The number of phenols is 1. The first kappa shape index (κ1) is 15.1. The maximum Gasteiger partial charge on any atom is 0.172 e. The first-order valence-corrected chi connectivity index (χ1v) is 7.72. The molecule has 0 aliphatic heterocycles. The zero-order chi connectivity index (χ0) is 16.2. The van der Waals surface area contributed by atoms with Gasteiger partial charge in [0.2, 0.25) is 0 Å². The Hall–Kier alpha value is -2.81. The summed E-state index contributed by atoms with van der Waals surface area (Å²) in [6, 6.07) is 10.1. The van der Waals surface area contributed by atoms with Crippen LogP contribution in [-0.4, -0.2) is 9.67 Å². The van der Waals surface area contributed by atoms with Gasteiger partial charge in [0.15, 0.2) is 18.9 Å². The summed E-state index contributed by atoms with van der Waals surface area (Å²) in [6.07, 6.45) is 10.5. The minimum atomic E-state index is 0.365. The standard InChI is InChI=1S/C20H20N2O/c1-3-10-21-12-5-6-16(15-21)14-17-7-8-19-18(20(17)23)9-13-22(19)11-4-2/h3-9,12-13,15H,1-2,10-11,14H2/p+1. The molecule has 3 rings (SSSR count). The van der Waals surface area contributed by atoms with Crippen LogP contribution in [0.15, 0.2) is 74.2 Å². The molecule has 23 heavy (non-hydrogen) atoms. The number of allylic oxidation sites excluding steroid dienone is 2. The summed E-state index contributed by atoms with van der Waals surface area (Å²) in [5.74, 6) is 0.365. The quantitative estimate of drug-likeness (QED) is 0.547. The Bertz CT molecular complexity index is 861. The number of aromatic nitrogens is 2. The van der Waals surface area contributed by atoms with Crippen LogP contribution in [0.2, 0.25) is 0 Å². The van der Waals surface area contributed by atoms with Gasteiger partial charge in [-0.05, 0) is 29.8 Å². The Kier molecular flexibility index (Phi) is 4.29. The molecule has 0 aliphatic rings. The summed E-state index contributed by atoms with van der Waals surface area (Å²) < 4.78 is 4.16. The second kappa shape index (κ2) is 6.53. The highest BCUT2D eigenvalue weighted by Gasteiger charge is 2.11. The molecule has 3 nitrogen and oxygen atoms in total. The zero-order valence-electron chi connectivity index (χ0n) is 13.2. The van der Waals surface area contributed by atoms with Crippen molar-refractivity contribution in [2.75, 3.05) is 0 Å². The van der Waals surface area contributed by atoms with Crippen molar-refractivity contribution in [1.29, 1.82) is 0 Å². The van der Waals surface area contributed by atoms with Crippen molar-refractivity contribution >= 4 is 10.9 Å². The number of rotatable bonds is 6. The normalized spacial score (nSPS) is 10.8. The highest BCUT2D eigenvalue weighted by molar-refractivity contribution is 5.87. The topological polar surface area (TPSA) is 29.0 Å². The largest absolute Gasteiger partial charge is 0.507 e. The van der Waals surface area contributed by atoms with Crippen molar-refractivity contribution in [2.45, 2.75) is 19.5 Å². The monoisotopic (exact) mass is 305 g/mol. The molecule has 116 valence electrons. The minimum absolute atomic E-state index is 0.365. The minimum Gasteiger partial charge on any atom is -0.507 e. The molecule has 0 radical (unpaired) electrons. The van der Waals surface area contributed by atoms with Crippen LogP contribution < -0.4 is 4.57 Å². The highest BCUT2D eigenvalue weighted by atomic mass is 16.3. The average molecular weight is 305 g/mol. The summed E-state index contributed by atoms with van der Waals surface area (Å²) in [4.78, 5) is 0. The van der Waals surface area contributed by atoms with Gasteiger partial charge in [0.25, 0.3) is 0 Å². The van der Waals surface area contributed by atoms with Crippen molar-refractivity contribution in [3.05, 3.63) is 85.4 Å². The first-order chi connectivity index (χ1) is 11.2. The van der Waals surface area contributed by atoms with Gasteiger partial charge in [0, 0.05) is 36.2 Å². The molecule has 3 aromatic rings. The van der Waals surface area contributed by atoms with E-state index in [1.165, 1.54) is 0 Å². The maximum absolute atomic E-state index is 10.6. The van der Waals surface area contributed by atoms with Gasteiger partial charge in [-0.2, -0.15) is 0 Å². The SMILES string of the molecule is C=CCn1ccc2c(O)c(Cc3ccc[n+](CC=C)c3)ccc21. The molecule has 0 fully saturated rings. The Morgan fingerprint density at radius 3 is 2.78 bits per heavy atom. The van der Waals surface area contributed by atoms with Crippen molar-refractivity contribution in [1.82, 2.24) is 4.57 Å². The van der Waals surface area contributed by atoms with Crippen LogP contribution >= 0.6 is 0 Å². The number of pyridine rings is 1. The molecule has 2 heterocycles. The second-order valence-electron chi connectivity index (χ2n) is 5.64. The van der Waals surface area contributed by atoms with Crippen LogP contribution in [0.4, 0.5) is 0 Å². The number of nitrogens with zero attached hydrogens (tertiary/aromatic N) is 2. The van der Waals surface area contributed by atoms with E-state index in [-0.39, 0.29) is 0 Å². The molecule has 0 bridgehead atoms. The second-order valence-corrected chi connectivity index (χ2v) is 5.64. The molecular formula is C20H21N2O+. The summed E-state index contributed by atoms with van der Waals surface area (Å²) in [6.45, 7) is 9.05. The predicted molar refractivity (Wildman–Crippen MR) is 93.4 cm³/mol. The van der Waals surface area contributed by atoms with Gasteiger partial charge in [0.1, 0.15) is 5.75 Å². The van der Waals surface area contributed by atoms with E-state index in [4.69, 9.17) is 0 Å². The lowest BCUT2D eigenvalue weighted by atomic mass is 10.0. The molecule has 1 aromatic carbocycles. The Morgan fingerprint density at radius 1 is 1.13 bits per heavy atom. The number of aromatic hydroxyl groups is 1. The van der Waals surface area contributed by atoms with Crippen molar-refractivity contribution < 1.29 is 9.67 Å². The van der Waals surface area contributed by atoms with Gasteiger partial charge in [-0.25, -0.2) is 4.57 Å². The fraction of sp³-hybridized carbons (Fsp3) is 0.150. The van der Waals surface area contributed by atoms with E-state index in [2.05, 4.69) is 40.6 Å². The molecule has 3 heteroatoms. The molecule has 0 atom stereocenters. The molecule has 0 amide bonds. The van der Waals surface area contributed by atoms with E-state index in [0.717, 1.165) is 35.1 Å². The van der Waals surface area contributed by atoms with Gasteiger partial charge < -0.3 is 9.67 Å². The fourth-order valence-electron chi connectivity index (χ4n) is 2.91. The molecule has 0 unspecified atom stereocenters. The van der Waals surface area contributed by atoms with Crippen LogP contribution in [0, 0.1) is 0 Å². The molecular weight excluding hydrogens is 284 g/mol. The third-order valence-corrected chi connectivity index (χ3v) is 3.99. The van der Waals surface area contributed by atoms with E-state index in [9.17, 15) is 5.11 Å². The van der Waals surface area contributed by atoms with Gasteiger partial charge in [0.05, 0.1) is 5.52 Å². The lowest BCUT2D eigenvalue weighted by Gasteiger charge is -2.07. The van der Waals surface area contributed by atoms with Crippen LogP contribution in [0.25, 0.3) is 10.9 Å². The Labute approximate surface area is 136 Å². The van der Waals surface area contributed by atoms with Crippen LogP contribution in [0.1, 0.15) is 11.1 Å². The van der Waals surface area contributed by atoms with E-state index in [0.29, 0.717) is 12.2 Å². The third-order valence-electron chi connectivity index (χ3n) is 3.99. The van der Waals surface area contributed by atoms with E-state index in [1.54, 1.807) is 0 Å². The molecule has 2 aromatic heterocycles. The fourth-order valence-corrected chi connectivity index (χ4v) is 2.91. The molecule has 0 saturated heterocycles. The molecule has 0 aliphatic carbocycles. The van der Waals surface area contributed by atoms with Crippen molar-refractivity contribution in [3.63, 3.8) is 0 Å². The van der Waals surface area contributed by atoms with Crippen LogP contribution in [0.5, 0.6) is 5.75 Å². The van der Waals surface area contributed by atoms with Crippen molar-refractivity contribution in [3.8, 4) is 5.75 Å². The molecule has 0 saturated carbocycles. The molecule has 1 N–H and O–H groups in total. The van der Waals surface area contributed by atoms with Gasteiger partial charge >= 0.3 is 0 Å². The Morgan fingerprint density at radius 2 is 2.00 bits per heavy atom. The van der Waals surface area contributed by atoms with E-state index in [1.807, 2.05) is 42.7 Å². The summed E-state index contributed by atoms with van der Waals surface area (Å²) in [5.41, 5.74) is 3.13. The first-order valence-electron chi connectivity index (χ1n) is 7.72. The lowest BCUT2D eigenvalue weighted by Crippen LogP contribution is -2.32. The number of hydrogen-bond donors (Lipinski definition) is 1. The number of phenolic OH excluding ortho intramolecular Hbond substituents is 1. The number of benzene rings is 1. The molecule has 0 spiro atoms. The summed E-state index contributed by atoms with van der Waals surface area (Å²) >= 11 is 0. The van der Waals surface area contributed by atoms with E-state index < -0.39 is 0 Å². The summed E-state index contributed by atoms with van der Waals surface area (Å²) in [7, 11) is 0. The van der Waals surface area contributed by atoms with Crippen LogP contribution in [-0.2, 0) is 19.5 Å². The predicted octanol–water partition coefficient (Wildman–Crippen LogP) is 3.60. The smallest absolute Gasteiger partial charge is 0.172 e. The summed E-state index contributed by atoms with van der Waals surface area (Å²) in [5, 5.41) is 11.5. The van der Waals surface area contributed by atoms with Gasteiger partial charge in [-0.15, -0.1) is 6.58 Å². The third kappa shape index (κ3) is 3.04. The number of hydrogen-bond acceptors (Lipinski definition) is 1. The zero-order valence-corrected chi connectivity index (χ0v) is 13.2. The average Bonchev–Trinajstić information content (AvgIpc) is 2.95. The maximum atomic E-state index is 10.6. The van der Waals surface area contributed by atoms with Gasteiger partial charge in [-0.1, -0.05) is 18.7 Å². The van der Waals surface area contributed by atoms with Gasteiger partial charge in [-0.3, -0.25) is 0 Å².